The van der Waals surface area contributed by atoms with Crippen molar-refractivity contribution in [2.75, 3.05) is 38.0 Å². The zero-order valence-electron chi connectivity index (χ0n) is 17.9. The third-order valence-corrected chi connectivity index (χ3v) is 5.36. The predicted molar refractivity (Wildman–Crippen MR) is 121 cm³/mol. The molecule has 0 unspecified atom stereocenters. The monoisotopic (exact) mass is 433 g/mol. The van der Waals surface area contributed by atoms with E-state index in [0.29, 0.717) is 45.8 Å². The first-order valence-corrected chi connectivity index (χ1v) is 10.7. The van der Waals surface area contributed by atoms with Gasteiger partial charge in [-0.15, -0.1) is 0 Å². The summed E-state index contributed by atoms with van der Waals surface area (Å²) in [5.41, 5.74) is 2.96. The predicted octanol–water partition coefficient (Wildman–Crippen LogP) is 1.79. The molecule has 1 aliphatic rings. The van der Waals surface area contributed by atoms with Gasteiger partial charge in [0, 0.05) is 38.4 Å². The Hall–Kier alpha value is -3.72. The van der Waals surface area contributed by atoms with Gasteiger partial charge in [0.15, 0.2) is 0 Å². The Morgan fingerprint density at radius 1 is 0.906 bits per heavy atom. The molecule has 0 spiro atoms. The SMILES string of the molecule is O=C(CN1CCN(C(=O)NCc2ccc(Cn3cncn3)cc2)CC1)Nc1ccccc1. The standard InChI is InChI=1S/C23H27N7O2/c31-22(27-21-4-2-1-3-5-21)16-28-10-12-29(13-11-28)23(32)25-14-19-6-8-20(9-7-19)15-30-18-24-17-26-30/h1-9,17-18H,10-16H2,(H,25,32)(H,27,31). The summed E-state index contributed by atoms with van der Waals surface area (Å²) >= 11 is 0. The summed E-state index contributed by atoms with van der Waals surface area (Å²) in [4.78, 5) is 32.5. The van der Waals surface area contributed by atoms with Crippen LogP contribution in [0.2, 0.25) is 0 Å². The molecular formula is C23H27N7O2. The van der Waals surface area contributed by atoms with E-state index in [2.05, 4.69) is 25.6 Å². The summed E-state index contributed by atoms with van der Waals surface area (Å²) in [7, 11) is 0. The quantitative estimate of drug-likeness (QED) is 0.592. The number of urea groups is 1. The van der Waals surface area contributed by atoms with E-state index in [1.54, 1.807) is 15.9 Å². The van der Waals surface area contributed by atoms with Crippen molar-refractivity contribution in [2.24, 2.45) is 0 Å². The Bertz CT molecular complexity index is 999. The second kappa shape index (κ2) is 10.5. The van der Waals surface area contributed by atoms with Crippen LogP contribution in [0.3, 0.4) is 0 Å². The fraction of sp³-hybridized carbons (Fsp3) is 0.304. The van der Waals surface area contributed by atoms with Crippen molar-refractivity contribution in [3.05, 3.63) is 78.4 Å². The minimum Gasteiger partial charge on any atom is -0.334 e. The molecule has 166 valence electrons. The fourth-order valence-electron chi connectivity index (χ4n) is 3.59. The first-order chi connectivity index (χ1) is 15.7. The van der Waals surface area contributed by atoms with Gasteiger partial charge in [0.1, 0.15) is 12.7 Å². The molecule has 1 aromatic heterocycles. The number of benzene rings is 2. The van der Waals surface area contributed by atoms with Crippen LogP contribution in [0.4, 0.5) is 10.5 Å². The topological polar surface area (TPSA) is 95.4 Å². The average molecular weight is 434 g/mol. The van der Waals surface area contributed by atoms with Crippen LogP contribution in [0, 0.1) is 0 Å². The summed E-state index contributed by atoms with van der Waals surface area (Å²) in [6, 6.07) is 17.4. The number of anilines is 1. The number of rotatable bonds is 7. The van der Waals surface area contributed by atoms with Crippen LogP contribution in [-0.4, -0.2) is 69.2 Å². The molecule has 0 saturated carbocycles. The second-order valence-electron chi connectivity index (χ2n) is 7.75. The molecule has 1 saturated heterocycles. The number of aromatic nitrogens is 3. The molecule has 2 aromatic carbocycles. The van der Waals surface area contributed by atoms with Gasteiger partial charge in [0.05, 0.1) is 13.1 Å². The molecule has 1 fully saturated rings. The first kappa shape index (κ1) is 21.5. The summed E-state index contributed by atoms with van der Waals surface area (Å²) in [6.07, 6.45) is 3.20. The fourth-order valence-corrected chi connectivity index (χ4v) is 3.59. The lowest BCUT2D eigenvalue weighted by Gasteiger charge is -2.34. The van der Waals surface area contributed by atoms with Gasteiger partial charge < -0.3 is 15.5 Å². The molecule has 3 aromatic rings. The van der Waals surface area contributed by atoms with Gasteiger partial charge in [-0.05, 0) is 23.3 Å². The molecule has 9 heteroatoms. The van der Waals surface area contributed by atoms with E-state index in [1.807, 2.05) is 54.6 Å². The van der Waals surface area contributed by atoms with Crippen LogP contribution in [0.1, 0.15) is 11.1 Å². The molecule has 0 bridgehead atoms. The van der Waals surface area contributed by atoms with Crippen LogP contribution >= 0.6 is 0 Å². The van der Waals surface area contributed by atoms with Crippen molar-refractivity contribution in [1.29, 1.82) is 0 Å². The highest BCUT2D eigenvalue weighted by Crippen LogP contribution is 2.08. The van der Waals surface area contributed by atoms with Gasteiger partial charge in [-0.25, -0.2) is 14.5 Å². The van der Waals surface area contributed by atoms with E-state index in [-0.39, 0.29) is 11.9 Å². The maximum Gasteiger partial charge on any atom is 0.317 e. The van der Waals surface area contributed by atoms with Gasteiger partial charge in [0.25, 0.3) is 0 Å². The second-order valence-corrected chi connectivity index (χ2v) is 7.75. The number of nitrogens with one attached hydrogen (secondary N) is 2. The highest BCUT2D eigenvalue weighted by molar-refractivity contribution is 5.92. The smallest absolute Gasteiger partial charge is 0.317 e. The molecule has 9 nitrogen and oxygen atoms in total. The zero-order valence-corrected chi connectivity index (χ0v) is 17.9. The van der Waals surface area contributed by atoms with E-state index >= 15 is 0 Å². The zero-order chi connectivity index (χ0) is 22.2. The lowest BCUT2D eigenvalue weighted by Crippen LogP contribution is -2.52. The lowest BCUT2D eigenvalue weighted by molar-refractivity contribution is -0.117. The number of piperazine rings is 1. The van der Waals surface area contributed by atoms with Crippen LogP contribution in [-0.2, 0) is 17.9 Å². The van der Waals surface area contributed by atoms with Gasteiger partial charge in [-0.3, -0.25) is 9.69 Å². The van der Waals surface area contributed by atoms with E-state index in [4.69, 9.17) is 0 Å². The van der Waals surface area contributed by atoms with E-state index < -0.39 is 0 Å². The molecule has 0 radical (unpaired) electrons. The Morgan fingerprint density at radius 2 is 1.62 bits per heavy atom. The van der Waals surface area contributed by atoms with Gasteiger partial charge >= 0.3 is 6.03 Å². The molecule has 0 aliphatic carbocycles. The molecule has 3 amide bonds. The molecule has 4 rings (SSSR count). The molecule has 1 aliphatic heterocycles. The van der Waals surface area contributed by atoms with Crippen LogP contribution < -0.4 is 10.6 Å². The van der Waals surface area contributed by atoms with Gasteiger partial charge in [-0.2, -0.15) is 5.10 Å². The van der Waals surface area contributed by atoms with Crippen molar-refractivity contribution in [1.82, 2.24) is 29.9 Å². The van der Waals surface area contributed by atoms with Crippen molar-refractivity contribution >= 4 is 17.6 Å². The normalized spacial score (nSPS) is 14.2. The Balaban J connectivity index is 1.16. The summed E-state index contributed by atoms with van der Waals surface area (Å²) in [5, 5.41) is 9.98. The Kier molecular flexibility index (Phi) is 7.08. The Morgan fingerprint density at radius 3 is 2.31 bits per heavy atom. The van der Waals surface area contributed by atoms with Crippen LogP contribution in [0.25, 0.3) is 0 Å². The molecular weight excluding hydrogens is 406 g/mol. The van der Waals surface area contributed by atoms with Crippen molar-refractivity contribution in [3.63, 3.8) is 0 Å². The molecule has 2 N–H and O–H groups in total. The third kappa shape index (κ3) is 6.14. The number of hydrogen-bond acceptors (Lipinski definition) is 5. The maximum atomic E-state index is 12.5. The van der Waals surface area contributed by atoms with E-state index in [9.17, 15) is 9.59 Å². The van der Waals surface area contributed by atoms with Crippen molar-refractivity contribution in [2.45, 2.75) is 13.1 Å². The summed E-state index contributed by atoms with van der Waals surface area (Å²) in [6.45, 7) is 4.01. The number of nitrogens with zero attached hydrogens (tertiary/aromatic N) is 5. The largest absolute Gasteiger partial charge is 0.334 e. The number of carbonyl (C=O) groups excluding carboxylic acids is 2. The molecule has 0 atom stereocenters. The summed E-state index contributed by atoms with van der Waals surface area (Å²) < 4.78 is 1.77. The molecule has 2 heterocycles. The molecule has 32 heavy (non-hydrogen) atoms. The maximum absolute atomic E-state index is 12.5. The van der Waals surface area contributed by atoms with Gasteiger partial charge in [0.2, 0.25) is 5.91 Å². The van der Waals surface area contributed by atoms with Crippen molar-refractivity contribution < 1.29 is 9.59 Å². The van der Waals surface area contributed by atoms with Crippen molar-refractivity contribution in [3.8, 4) is 0 Å². The summed E-state index contributed by atoms with van der Waals surface area (Å²) in [5.74, 6) is -0.0404. The third-order valence-electron chi connectivity index (χ3n) is 5.36. The highest BCUT2D eigenvalue weighted by atomic mass is 16.2. The van der Waals surface area contributed by atoms with E-state index in [0.717, 1.165) is 16.8 Å². The lowest BCUT2D eigenvalue weighted by atomic mass is 10.1. The van der Waals surface area contributed by atoms with E-state index in [1.165, 1.54) is 6.33 Å². The van der Waals surface area contributed by atoms with Gasteiger partial charge in [-0.1, -0.05) is 42.5 Å². The minimum atomic E-state index is -0.0786. The first-order valence-electron chi connectivity index (χ1n) is 10.7. The number of amides is 3. The number of para-hydroxylation sites is 1. The van der Waals surface area contributed by atoms with Crippen LogP contribution in [0.5, 0.6) is 0 Å². The number of hydrogen-bond donors (Lipinski definition) is 2. The minimum absolute atomic E-state index is 0.0404. The Labute approximate surface area is 187 Å². The highest BCUT2D eigenvalue weighted by Gasteiger charge is 2.22. The number of carbonyl (C=O) groups is 2. The average Bonchev–Trinajstić information content (AvgIpc) is 3.32. The van der Waals surface area contributed by atoms with Crippen LogP contribution in [0.15, 0.2) is 67.3 Å².